The highest BCUT2D eigenvalue weighted by Crippen LogP contribution is 2.23. The maximum absolute atomic E-state index is 12.9. The number of benzene rings is 2. The lowest BCUT2D eigenvalue weighted by molar-refractivity contribution is 0.102. The first-order chi connectivity index (χ1) is 15.7. The summed E-state index contributed by atoms with van der Waals surface area (Å²) in [4.78, 5) is 13.0. The van der Waals surface area contributed by atoms with Gasteiger partial charge in [0.15, 0.2) is 0 Å². The molecule has 0 radical (unpaired) electrons. The van der Waals surface area contributed by atoms with Gasteiger partial charge in [-0.1, -0.05) is 32.8 Å². The summed E-state index contributed by atoms with van der Waals surface area (Å²) in [5.74, 6) is -0.477. The van der Waals surface area contributed by atoms with Gasteiger partial charge in [0.25, 0.3) is 5.91 Å². The Morgan fingerprint density at radius 3 is 2.06 bits per heavy atom. The normalized spacial score (nSPS) is 15.8. The molecule has 1 amide bonds. The molecule has 0 aliphatic carbocycles. The molecule has 1 heterocycles. The van der Waals surface area contributed by atoms with Crippen molar-refractivity contribution in [3.05, 3.63) is 54.1 Å². The number of sulfonamides is 2. The lowest BCUT2D eigenvalue weighted by atomic mass is 10.2. The van der Waals surface area contributed by atoms with Gasteiger partial charge >= 0.3 is 0 Å². The van der Waals surface area contributed by atoms with E-state index in [9.17, 15) is 21.6 Å². The first kappa shape index (κ1) is 25.4. The van der Waals surface area contributed by atoms with Crippen molar-refractivity contribution in [2.24, 2.45) is 0 Å². The van der Waals surface area contributed by atoms with E-state index in [0.29, 0.717) is 31.9 Å². The second-order valence-corrected chi connectivity index (χ2v) is 11.8. The molecule has 1 fully saturated rings. The van der Waals surface area contributed by atoms with Crippen LogP contribution in [0.15, 0.2) is 58.3 Å². The number of nitrogens with one attached hydrogen (secondary N) is 1. The molecule has 180 valence electrons. The summed E-state index contributed by atoms with van der Waals surface area (Å²) >= 11 is 0. The van der Waals surface area contributed by atoms with Crippen LogP contribution in [-0.2, 0) is 20.0 Å². The molecule has 0 unspecified atom stereocenters. The molecule has 0 bridgehead atoms. The average molecular weight is 494 g/mol. The second-order valence-electron chi connectivity index (χ2n) is 7.91. The lowest BCUT2D eigenvalue weighted by Gasteiger charge is -2.20. The van der Waals surface area contributed by atoms with Gasteiger partial charge in [0.1, 0.15) is 0 Å². The van der Waals surface area contributed by atoms with Gasteiger partial charge in [0, 0.05) is 37.4 Å². The van der Waals surface area contributed by atoms with Crippen molar-refractivity contribution >= 4 is 31.6 Å². The molecule has 1 aliphatic rings. The van der Waals surface area contributed by atoms with Crippen LogP contribution in [0.2, 0.25) is 0 Å². The summed E-state index contributed by atoms with van der Waals surface area (Å²) in [6, 6.07) is 11.9. The number of hydrogen-bond acceptors (Lipinski definition) is 5. The number of rotatable bonds is 8. The molecular weight excluding hydrogens is 462 g/mol. The zero-order valence-corrected chi connectivity index (χ0v) is 20.7. The third-order valence-corrected chi connectivity index (χ3v) is 9.71. The molecule has 0 spiro atoms. The highest BCUT2D eigenvalue weighted by molar-refractivity contribution is 7.89. The van der Waals surface area contributed by atoms with Crippen molar-refractivity contribution in [1.82, 2.24) is 8.61 Å². The molecule has 1 saturated heterocycles. The quantitative estimate of drug-likeness (QED) is 0.606. The van der Waals surface area contributed by atoms with Gasteiger partial charge in [-0.05, 0) is 55.3 Å². The van der Waals surface area contributed by atoms with Crippen LogP contribution in [0, 0.1) is 0 Å². The minimum absolute atomic E-state index is 0.0535. The molecule has 10 heteroatoms. The Bertz CT molecular complexity index is 1170. The van der Waals surface area contributed by atoms with Crippen molar-refractivity contribution in [3.8, 4) is 0 Å². The largest absolute Gasteiger partial charge is 0.322 e. The highest BCUT2D eigenvalue weighted by Gasteiger charge is 2.25. The minimum Gasteiger partial charge on any atom is -0.322 e. The number of hydrogen-bond donors (Lipinski definition) is 1. The zero-order chi connectivity index (χ0) is 24.1. The maximum atomic E-state index is 12.9. The molecule has 8 nitrogen and oxygen atoms in total. The summed E-state index contributed by atoms with van der Waals surface area (Å²) in [6.45, 7) is 5.23. The van der Waals surface area contributed by atoms with E-state index in [1.807, 2.05) is 0 Å². The Labute approximate surface area is 196 Å². The molecule has 0 aromatic heterocycles. The van der Waals surface area contributed by atoms with E-state index in [4.69, 9.17) is 0 Å². The zero-order valence-electron chi connectivity index (χ0n) is 19.0. The molecule has 1 aliphatic heterocycles. The molecule has 1 N–H and O–H groups in total. The van der Waals surface area contributed by atoms with Gasteiger partial charge in [-0.3, -0.25) is 4.79 Å². The van der Waals surface area contributed by atoms with Crippen LogP contribution in [0.1, 0.15) is 49.9 Å². The Balaban J connectivity index is 1.75. The fourth-order valence-electron chi connectivity index (χ4n) is 3.85. The summed E-state index contributed by atoms with van der Waals surface area (Å²) in [5, 5.41) is 2.71. The first-order valence-electron chi connectivity index (χ1n) is 11.2. The third-order valence-electron chi connectivity index (χ3n) is 5.75. The number of anilines is 1. The van der Waals surface area contributed by atoms with Crippen LogP contribution in [0.25, 0.3) is 0 Å². The van der Waals surface area contributed by atoms with Gasteiger partial charge in [-0.2, -0.15) is 8.61 Å². The fraction of sp³-hybridized carbons (Fsp3) is 0.435. The van der Waals surface area contributed by atoms with E-state index in [2.05, 4.69) is 5.32 Å². The molecule has 2 aromatic rings. The average Bonchev–Trinajstić information content (AvgIpc) is 3.10. The van der Waals surface area contributed by atoms with E-state index in [-0.39, 0.29) is 15.4 Å². The Kier molecular flexibility index (Phi) is 8.28. The molecule has 33 heavy (non-hydrogen) atoms. The fourth-order valence-corrected chi connectivity index (χ4v) is 6.88. The molecule has 0 saturated carbocycles. The highest BCUT2D eigenvalue weighted by atomic mass is 32.2. The Hall–Kier alpha value is -2.27. The summed E-state index contributed by atoms with van der Waals surface area (Å²) in [7, 11) is -7.25. The first-order valence-corrected chi connectivity index (χ1v) is 14.1. The summed E-state index contributed by atoms with van der Waals surface area (Å²) in [6.07, 6.45) is 3.79. The van der Waals surface area contributed by atoms with Crippen LogP contribution in [0.3, 0.4) is 0 Å². The monoisotopic (exact) mass is 493 g/mol. The molecule has 2 aromatic carbocycles. The lowest BCUT2D eigenvalue weighted by Crippen LogP contribution is -2.31. The Morgan fingerprint density at radius 1 is 0.879 bits per heavy atom. The maximum Gasteiger partial charge on any atom is 0.255 e. The summed E-state index contributed by atoms with van der Waals surface area (Å²) in [5.41, 5.74) is 0.622. The van der Waals surface area contributed by atoms with E-state index >= 15 is 0 Å². The molecular formula is C23H31N3O5S2. The van der Waals surface area contributed by atoms with Gasteiger partial charge in [-0.15, -0.1) is 0 Å². The van der Waals surface area contributed by atoms with E-state index in [1.165, 1.54) is 45.0 Å². The van der Waals surface area contributed by atoms with Gasteiger partial charge < -0.3 is 5.32 Å². The predicted octanol–water partition coefficient (Wildman–Crippen LogP) is 3.53. The van der Waals surface area contributed by atoms with Crippen LogP contribution in [-0.4, -0.2) is 57.5 Å². The topological polar surface area (TPSA) is 104 Å². The van der Waals surface area contributed by atoms with Crippen LogP contribution in [0.4, 0.5) is 5.69 Å². The minimum atomic E-state index is -3.68. The number of carbonyl (C=O) groups excluding carboxylic acids is 1. The van der Waals surface area contributed by atoms with Crippen LogP contribution in [0.5, 0.6) is 0 Å². The third kappa shape index (κ3) is 5.81. The van der Waals surface area contributed by atoms with Gasteiger partial charge in [0.05, 0.1) is 9.79 Å². The van der Waals surface area contributed by atoms with E-state index in [0.717, 1.165) is 25.7 Å². The number of nitrogens with zero attached hydrogens (tertiary/aromatic N) is 2. The smallest absolute Gasteiger partial charge is 0.255 e. The van der Waals surface area contributed by atoms with Crippen molar-refractivity contribution < 1.29 is 21.6 Å². The Morgan fingerprint density at radius 2 is 1.48 bits per heavy atom. The second kappa shape index (κ2) is 10.8. The summed E-state index contributed by atoms with van der Waals surface area (Å²) < 4.78 is 54.2. The van der Waals surface area contributed by atoms with Crippen molar-refractivity contribution in [1.29, 1.82) is 0 Å². The SMILES string of the molecule is CCN(CC)S(=O)(=O)c1cccc(C(=O)Nc2ccc(S(=O)(=O)N3CCCCCC3)cc2)c1. The van der Waals surface area contributed by atoms with Crippen molar-refractivity contribution in [3.63, 3.8) is 0 Å². The standard InChI is InChI=1S/C23H31N3O5S2/c1-3-25(4-2)33(30,31)22-11-9-10-19(18-22)23(27)24-20-12-14-21(15-13-20)32(28,29)26-16-7-5-6-8-17-26/h9-15,18H,3-8,16-17H2,1-2H3,(H,24,27). The predicted molar refractivity (Wildman–Crippen MR) is 128 cm³/mol. The van der Waals surface area contributed by atoms with Gasteiger partial charge in [-0.25, -0.2) is 16.8 Å². The van der Waals surface area contributed by atoms with Crippen molar-refractivity contribution in [2.75, 3.05) is 31.5 Å². The van der Waals surface area contributed by atoms with E-state index < -0.39 is 26.0 Å². The molecule has 0 atom stereocenters. The van der Waals surface area contributed by atoms with Gasteiger partial charge in [0.2, 0.25) is 20.0 Å². The van der Waals surface area contributed by atoms with E-state index in [1.54, 1.807) is 26.0 Å². The number of amides is 1. The molecule has 3 rings (SSSR count). The van der Waals surface area contributed by atoms with Crippen LogP contribution >= 0.6 is 0 Å². The number of carbonyl (C=O) groups is 1. The van der Waals surface area contributed by atoms with Crippen LogP contribution < -0.4 is 5.32 Å². The van der Waals surface area contributed by atoms with Crippen molar-refractivity contribution in [2.45, 2.75) is 49.3 Å².